The van der Waals surface area contributed by atoms with Gasteiger partial charge in [0.2, 0.25) is 0 Å². The molecule has 0 amide bonds. The standard InChI is InChI=1S/C10H16O2/c1-3-8-5-6-9(4-2)10(8,12)7-11/h3-4,8-9,11-12H,1-2,5-7H2/t8-,9-/m1/s1. The topological polar surface area (TPSA) is 40.5 Å². The molecule has 0 unspecified atom stereocenters. The predicted octanol–water partition coefficient (Wildman–Crippen LogP) is 1.11. The molecule has 2 atom stereocenters. The Bertz CT molecular complexity index is 170. The highest BCUT2D eigenvalue weighted by atomic mass is 16.3. The van der Waals surface area contributed by atoms with E-state index in [4.69, 9.17) is 5.11 Å². The van der Waals surface area contributed by atoms with Crippen molar-refractivity contribution in [3.63, 3.8) is 0 Å². The maximum atomic E-state index is 10.0. The molecule has 0 spiro atoms. The second kappa shape index (κ2) is 3.42. The summed E-state index contributed by atoms with van der Waals surface area (Å²) in [6, 6.07) is 0. The summed E-state index contributed by atoms with van der Waals surface area (Å²) in [7, 11) is 0. The molecule has 0 aromatic heterocycles. The lowest BCUT2D eigenvalue weighted by Crippen LogP contribution is -2.41. The Morgan fingerprint density at radius 3 is 1.92 bits per heavy atom. The van der Waals surface area contributed by atoms with Gasteiger partial charge in [0, 0.05) is 11.8 Å². The summed E-state index contributed by atoms with van der Waals surface area (Å²) in [5.74, 6) is 0.0102. The molecule has 0 aromatic rings. The molecular formula is C10H16O2. The minimum absolute atomic E-state index is 0.00509. The lowest BCUT2D eigenvalue weighted by molar-refractivity contribution is -0.0527. The van der Waals surface area contributed by atoms with Crippen molar-refractivity contribution in [2.75, 3.05) is 6.61 Å². The van der Waals surface area contributed by atoms with Crippen molar-refractivity contribution in [1.82, 2.24) is 0 Å². The second-order valence-electron chi connectivity index (χ2n) is 3.41. The Kier molecular flexibility index (Phi) is 2.70. The van der Waals surface area contributed by atoms with Crippen LogP contribution in [0.25, 0.3) is 0 Å². The zero-order valence-corrected chi connectivity index (χ0v) is 7.24. The fourth-order valence-electron chi connectivity index (χ4n) is 2.01. The summed E-state index contributed by atoms with van der Waals surface area (Å²) >= 11 is 0. The average molecular weight is 168 g/mol. The van der Waals surface area contributed by atoms with Crippen LogP contribution in [0.1, 0.15) is 12.8 Å². The first-order chi connectivity index (χ1) is 5.69. The van der Waals surface area contributed by atoms with Gasteiger partial charge in [-0.1, -0.05) is 12.2 Å². The number of hydrogen-bond acceptors (Lipinski definition) is 2. The van der Waals surface area contributed by atoms with Crippen LogP contribution in [0.4, 0.5) is 0 Å². The fourth-order valence-corrected chi connectivity index (χ4v) is 2.01. The normalized spacial score (nSPS) is 33.2. The first-order valence-electron chi connectivity index (χ1n) is 4.27. The monoisotopic (exact) mass is 168 g/mol. The predicted molar refractivity (Wildman–Crippen MR) is 48.6 cm³/mol. The molecule has 0 aliphatic heterocycles. The molecule has 0 radical (unpaired) electrons. The van der Waals surface area contributed by atoms with Crippen LogP contribution in [0.5, 0.6) is 0 Å². The third kappa shape index (κ3) is 1.21. The minimum atomic E-state index is -1.01. The maximum Gasteiger partial charge on any atom is 0.100 e. The van der Waals surface area contributed by atoms with Crippen molar-refractivity contribution in [2.24, 2.45) is 11.8 Å². The van der Waals surface area contributed by atoms with Gasteiger partial charge in [0.15, 0.2) is 0 Å². The van der Waals surface area contributed by atoms with E-state index in [1.54, 1.807) is 12.2 Å². The van der Waals surface area contributed by atoms with E-state index >= 15 is 0 Å². The number of aliphatic hydroxyl groups is 2. The Morgan fingerprint density at radius 1 is 1.25 bits per heavy atom. The van der Waals surface area contributed by atoms with E-state index in [1.807, 2.05) is 0 Å². The number of aliphatic hydroxyl groups excluding tert-OH is 1. The molecule has 0 heterocycles. The summed E-state index contributed by atoms with van der Waals surface area (Å²) < 4.78 is 0. The van der Waals surface area contributed by atoms with Gasteiger partial charge in [-0.15, -0.1) is 13.2 Å². The van der Waals surface area contributed by atoms with Crippen LogP contribution < -0.4 is 0 Å². The van der Waals surface area contributed by atoms with Crippen molar-refractivity contribution in [2.45, 2.75) is 18.4 Å². The quantitative estimate of drug-likeness (QED) is 0.620. The molecule has 0 bridgehead atoms. The van der Waals surface area contributed by atoms with Crippen LogP contribution in [0.15, 0.2) is 25.3 Å². The van der Waals surface area contributed by atoms with Gasteiger partial charge in [0.05, 0.1) is 6.61 Å². The number of rotatable bonds is 3. The Labute approximate surface area is 73.2 Å². The maximum absolute atomic E-state index is 10.0. The van der Waals surface area contributed by atoms with E-state index in [-0.39, 0.29) is 18.4 Å². The molecule has 1 rings (SSSR count). The Balaban J connectivity index is 2.85. The first-order valence-corrected chi connectivity index (χ1v) is 4.27. The third-order valence-corrected chi connectivity index (χ3v) is 2.90. The fraction of sp³-hybridized carbons (Fsp3) is 0.600. The summed E-state index contributed by atoms with van der Waals surface area (Å²) in [5.41, 5.74) is -1.01. The smallest absolute Gasteiger partial charge is 0.100 e. The molecule has 2 heteroatoms. The van der Waals surface area contributed by atoms with Crippen LogP contribution in [0.2, 0.25) is 0 Å². The Hall–Kier alpha value is -0.600. The van der Waals surface area contributed by atoms with E-state index < -0.39 is 5.60 Å². The van der Waals surface area contributed by atoms with E-state index in [9.17, 15) is 5.11 Å². The first kappa shape index (κ1) is 9.49. The summed E-state index contributed by atoms with van der Waals surface area (Å²) in [6.45, 7) is 7.09. The molecule has 0 aromatic carbocycles. The number of hydrogen-bond donors (Lipinski definition) is 2. The minimum Gasteiger partial charge on any atom is -0.393 e. The van der Waals surface area contributed by atoms with Crippen LogP contribution in [0.3, 0.4) is 0 Å². The SMILES string of the molecule is C=C[C@@H]1CC[C@@H](C=C)C1(O)CO. The Morgan fingerprint density at radius 2 is 1.67 bits per heavy atom. The van der Waals surface area contributed by atoms with Gasteiger partial charge in [-0.3, -0.25) is 0 Å². The van der Waals surface area contributed by atoms with E-state index in [0.717, 1.165) is 12.8 Å². The van der Waals surface area contributed by atoms with Gasteiger partial charge in [-0.05, 0) is 12.8 Å². The van der Waals surface area contributed by atoms with Crippen LogP contribution in [-0.2, 0) is 0 Å². The molecule has 1 saturated carbocycles. The lowest BCUT2D eigenvalue weighted by atomic mass is 9.85. The highest BCUT2D eigenvalue weighted by Gasteiger charge is 2.45. The molecule has 68 valence electrons. The van der Waals surface area contributed by atoms with E-state index in [1.165, 1.54) is 0 Å². The molecule has 1 aliphatic carbocycles. The van der Waals surface area contributed by atoms with Crippen LogP contribution in [-0.4, -0.2) is 22.4 Å². The van der Waals surface area contributed by atoms with Crippen molar-refractivity contribution in [3.8, 4) is 0 Å². The van der Waals surface area contributed by atoms with Gasteiger partial charge in [-0.25, -0.2) is 0 Å². The summed E-state index contributed by atoms with van der Waals surface area (Å²) in [4.78, 5) is 0. The van der Waals surface area contributed by atoms with Crippen LogP contribution in [0, 0.1) is 11.8 Å². The van der Waals surface area contributed by atoms with Gasteiger partial charge in [0.1, 0.15) is 5.60 Å². The van der Waals surface area contributed by atoms with E-state index in [0.29, 0.717) is 0 Å². The summed E-state index contributed by atoms with van der Waals surface area (Å²) in [6.07, 6.45) is 5.22. The average Bonchev–Trinajstić information content (AvgIpc) is 2.42. The van der Waals surface area contributed by atoms with Gasteiger partial charge >= 0.3 is 0 Å². The van der Waals surface area contributed by atoms with Crippen molar-refractivity contribution < 1.29 is 10.2 Å². The van der Waals surface area contributed by atoms with Crippen molar-refractivity contribution in [3.05, 3.63) is 25.3 Å². The largest absolute Gasteiger partial charge is 0.393 e. The van der Waals surface area contributed by atoms with Gasteiger partial charge in [0.25, 0.3) is 0 Å². The zero-order chi connectivity index (χ0) is 9.19. The molecule has 1 aliphatic rings. The van der Waals surface area contributed by atoms with Gasteiger partial charge in [-0.2, -0.15) is 0 Å². The third-order valence-electron chi connectivity index (χ3n) is 2.90. The van der Waals surface area contributed by atoms with Gasteiger partial charge < -0.3 is 10.2 Å². The molecule has 2 N–H and O–H groups in total. The molecule has 0 saturated heterocycles. The second-order valence-corrected chi connectivity index (χ2v) is 3.41. The van der Waals surface area contributed by atoms with Crippen molar-refractivity contribution in [1.29, 1.82) is 0 Å². The molecule has 12 heavy (non-hydrogen) atoms. The highest BCUT2D eigenvalue weighted by Crippen LogP contribution is 2.41. The van der Waals surface area contributed by atoms with E-state index in [2.05, 4.69) is 13.2 Å². The molecule has 1 fully saturated rings. The zero-order valence-electron chi connectivity index (χ0n) is 7.24. The highest BCUT2D eigenvalue weighted by molar-refractivity contribution is 5.09. The molecule has 2 nitrogen and oxygen atoms in total. The van der Waals surface area contributed by atoms with Crippen LogP contribution >= 0.6 is 0 Å². The molecular weight excluding hydrogens is 152 g/mol. The lowest BCUT2D eigenvalue weighted by Gasteiger charge is -2.30. The summed E-state index contributed by atoms with van der Waals surface area (Å²) in [5, 5.41) is 19.1. The van der Waals surface area contributed by atoms with Crippen molar-refractivity contribution >= 4 is 0 Å².